The molecule has 2 aromatic carbocycles. The molecule has 0 aliphatic carbocycles. The highest BCUT2D eigenvalue weighted by molar-refractivity contribution is 6.11. The molecule has 0 aromatic heterocycles. The molecule has 1 unspecified atom stereocenters. The molecule has 31 heavy (non-hydrogen) atoms. The molecular weight excluding hydrogens is 404 g/mol. The number of imide groups is 1. The summed E-state index contributed by atoms with van der Waals surface area (Å²) in [6.45, 7) is 2.37. The summed E-state index contributed by atoms with van der Waals surface area (Å²) >= 11 is 0. The molecule has 1 fully saturated rings. The zero-order valence-corrected chi connectivity index (χ0v) is 16.8. The van der Waals surface area contributed by atoms with Gasteiger partial charge in [0.2, 0.25) is 6.79 Å². The molecule has 3 amide bonds. The third-order valence-corrected chi connectivity index (χ3v) is 5.60. The predicted molar refractivity (Wildman–Crippen MR) is 107 cm³/mol. The van der Waals surface area contributed by atoms with E-state index in [1.165, 1.54) is 0 Å². The van der Waals surface area contributed by atoms with Gasteiger partial charge in [-0.15, -0.1) is 0 Å². The fraction of sp³-hybridized carbons (Fsp3) is 0.318. The molecular formula is C22H20N2O7. The molecule has 0 bridgehead atoms. The van der Waals surface area contributed by atoms with Gasteiger partial charge in [-0.05, 0) is 42.8 Å². The third kappa shape index (κ3) is 3.22. The van der Waals surface area contributed by atoms with E-state index in [0.29, 0.717) is 47.3 Å². The van der Waals surface area contributed by atoms with Gasteiger partial charge < -0.3 is 24.3 Å². The van der Waals surface area contributed by atoms with E-state index in [9.17, 15) is 14.4 Å². The van der Waals surface area contributed by atoms with Gasteiger partial charge in [0, 0.05) is 12.0 Å². The first-order valence-corrected chi connectivity index (χ1v) is 9.93. The number of ether oxygens (including phenoxy) is 4. The van der Waals surface area contributed by atoms with Gasteiger partial charge in [0.1, 0.15) is 5.54 Å². The monoisotopic (exact) mass is 424 g/mol. The maximum Gasteiger partial charge on any atom is 0.325 e. The van der Waals surface area contributed by atoms with Crippen LogP contribution in [-0.2, 0) is 10.3 Å². The zero-order valence-electron chi connectivity index (χ0n) is 16.8. The van der Waals surface area contributed by atoms with Crippen LogP contribution < -0.4 is 24.3 Å². The lowest BCUT2D eigenvalue weighted by Crippen LogP contribution is -2.41. The van der Waals surface area contributed by atoms with Crippen LogP contribution in [0.15, 0.2) is 36.4 Å². The first kappa shape index (κ1) is 19.2. The van der Waals surface area contributed by atoms with Crippen LogP contribution in [0.2, 0.25) is 0 Å². The van der Waals surface area contributed by atoms with Crippen molar-refractivity contribution in [3.63, 3.8) is 0 Å². The molecule has 2 aromatic rings. The van der Waals surface area contributed by atoms with Crippen molar-refractivity contribution in [3.8, 4) is 23.0 Å². The van der Waals surface area contributed by atoms with E-state index in [-0.39, 0.29) is 19.1 Å². The molecule has 3 heterocycles. The number of nitrogens with zero attached hydrogens (tertiary/aromatic N) is 1. The number of Topliss-reactive ketones (excluding diaryl/α,β-unsaturated/α-hetero) is 1. The van der Waals surface area contributed by atoms with Gasteiger partial charge in [-0.25, -0.2) is 4.79 Å². The van der Waals surface area contributed by atoms with Crippen LogP contribution in [0.1, 0.15) is 29.3 Å². The summed E-state index contributed by atoms with van der Waals surface area (Å²) in [6.07, 6.45) is 0.757. The van der Waals surface area contributed by atoms with Crippen LogP contribution in [0.4, 0.5) is 4.79 Å². The molecule has 160 valence electrons. The van der Waals surface area contributed by atoms with Crippen LogP contribution in [0.25, 0.3) is 0 Å². The van der Waals surface area contributed by atoms with Crippen LogP contribution in [-0.4, -0.2) is 49.2 Å². The van der Waals surface area contributed by atoms with Crippen LogP contribution in [0, 0.1) is 0 Å². The summed E-state index contributed by atoms with van der Waals surface area (Å²) in [4.78, 5) is 39.5. The number of hydrogen-bond acceptors (Lipinski definition) is 7. The second-order valence-electron chi connectivity index (χ2n) is 7.65. The Morgan fingerprint density at radius 3 is 2.48 bits per heavy atom. The van der Waals surface area contributed by atoms with Crippen molar-refractivity contribution in [1.29, 1.82) is 0 Å². The quantitative estimate of drug-likeness (QED) is 0.593. The van der Waals surface area contributed by atoms with Crippen molar-refractivity contribution in [1.82, 2.24) is 10.2 Å². The molecule has 0 radical (unpaired) electrons. The van der Waals surface area contributed by atoms with E-state index >= 15 is 0 Å². The Morgan fingerprint density at radius 1 is 0.968 bits per heavy atom. The van der Waals surface area contributed by atoms with Crippen LogP contribution in [0.5, 0.6) is 23.0 Å². The van der Waals surface area contributed by atoms with Gasteiger partial charge in [0.25, 0.3) is 5.91 Å². The summed E-state index contributed by atoms with van der Waals surface area (Å²) in [5, 5.41) is 2.71. The number of nitrogens with one attached hydrogen (secondary N) is 1. The standard InChI is InChI=1S/C22H20N2O7/c1-22(14-4-6-16-19(10-14)29-8-2-7-28-16)20(26)24(21(27)23-22)11-15(25)13-3-5-17-18(9-13)31-12-30-17/h3-6,9-10H,2,7-8,11-12H2,1H3,(H,23,27). The third-order valence-electron chi connectivity index (χ3n) is 5.60. The van der Waals surface area contributed by atoms with E-state index in [1.807, 2.05) is 0 Å². The minimum atomic E-state index is -1.32. The van der Waals surface area contributed by atoms with Crippen LogP contribution >= 0.6 is 0 Å². The van der Waals surface area contributed by atoms with Crippen molar-refractivity contribution < 1.29 is 33.3 Å². The lowest BCUT2D eigenvalue weighted by Gasteiger charge is -2.23. The summed E-state index contributed by atoms with van der Waals surface area (Å²) in [5.74, 6) is 1.23. The number of urea groups is 1. The highest BCUT2D eigenvalue weighted by atomic mass is 16.7. The normalized spacial score (nSPS) is 21.6. The van der Waals surface area contributed by atoms with Crippen molar-refractivity contribution in [2.24, 2.45) is 0 Å². The fourth-order valence-corrected chi connectivity index (χ4v) is 3.82. The van der Waals surface area contributed by atoms with Crippen LogP contribution in [0.3, 0.4) is 0 Å². The number of amides is 3. The second-order valence-corrected chi connectivity index (χ2v) is 7.65. The van der Waals surface area contributed by atoms with Gasteiger partial charge in [-0.1, -0.05) is 6.07 Å². The van der Waals surface area contributed by atoms with Gasteiger partial charge in [-0.2, -0.15) is 0 Å². The summed E-state index contributed by atoms with van der Waals surface area (Å²) in [6, 6.07) is 9.26. The average molecular weight is 424 g/mol. The molecule has 3 aliphatic heterocycles. The summed E-state index contributed by atoms with van der Waals surface area (Å²) in [7, 11) is 0. The maximum atomic E-state index is 13.2. The Morgan fingerprint density at radius 2 is 1.65 bits per heavy atom. The number of fused-ring (bicyclic) bond motifs is 2. The van der Waals surface area contributed by atoms with E-state index in [0.717, 1.165) is 11.3 Å². The maximum absolute atomic E-state index is 13.2. The molecule has 0 saturated carbocycles. The lowest BCUT2D eigenvalue weighted by atomic mass is 9.91. The van der Waals surface area contributed by atoms with Crippen molar-refractivity contribution in [3.05, 3.63) is 47.5 Å². The number of benzene rings is 2. The van der Waals surface area contributed by atoms with E-state index < -0.39 is 17.5 Å². The molecule has 1 atom stereocenters. The lowest BCUT2D eigenvalue weighted by molar-refractivity contribution is -0.130. The molecule has 3 aliphatic rings. The Hall–Kier alpha value is -3.75. The molecule has 0 spiro atoms. The Balaban J connectivity index is 1.38. The summed E-state index contributed by atoms with van der Waals surface area (Å²) in [5.41, 5.74) is -0.445. The number of carbonyl (C=O) groups is 3. The van der Waals surface area contributed by atoms with E-state index in [4.69, 9.17) is 18.9 Å². The molecule has 1 saturated heterocycles. The van der Waals surface area contributed by atoms with Crippen molar-refractivity contribution >= 4 is 17.7 Å². The smallest absolute Gasteiger partial charge is 0.325 e. The molecule has 9 nitrogen and oxygen atoms in total. The van der Waals surface area contributed by atoms with E-state index in [2.05, 4.69) is 5.32 Å². The molecule has 1 N–H and O–H groups in total. The highest BCUT2D eigenvalue weighted by Gasteiger charge is 2.49. The van der Waals surface area contributed by atoms with Gasteiger partial charge in [-0.3, -0.25) is 14.5 Å². The largest absolute Gasteiger partial charge is 0.490 e. The van der Waals surface area contributed by atoms with Gasteiger partial charge in [0.15, 0.2) is 28.8 Å². The Bertz CT molecular complexity index is 1100. The van der Waals surface area contributed by atoms with E-state index in [1.54, 1.807) is 43.3 Å². The van der Waals surface area contributed by atoms with Gasteiger partial charge in [0.05, 0.1) is 19.8 Å². The van der Waals surface area contributed by atoms with Crippen molar-refractivity contribution in [2.45, 2.75) is 18.9 Å². The molecule has 9 heteroatoms. The number of rotatable bonds is 4. The minimum Gasteiger partial charge on any atom is -0.490 e. The Kier molecular flexibility index (Phi) is 4.46. The summed E-state index contributed by atoms with van der Waals surface area (Å²) < 4.78 is 21.9. The number of carbonyl (C=O) groups excluding carboxylic acids is 3. The van der Waals surface area contributed by atoms with Gasteiger partial charge >= 0.3 is 6.03 Å². The minimum absolute atomic E-state index is 0.0912. The number of hydrogen-bond donors (Lipinski definition) is 1. The first-order chi connectivity index (χ1) is 15.0. The second kappa shape index (κ2) is 7.19. The first-order valence-electron chi connectivity index (χ1n) is 9.93. The van der Waals surface area contributed by atoms with Crippen molar-refractivity contribution in [2.75, 3.05) is 26.6 Å². The topological polar surface area (TPSA) is 103 Å². The zero-order chi connectivity index (χ0) is 21.6. The highest BCUT2D eigenvalue weighted by Crippen LogP contribution is 2.37. The molecule has 5 rings (SSSR count). The predicted octanol–water partition coefficient (Wildman–Crippen LogP) is 2.23. The SMILES string of the molecule is CC1(c2ccc3c(c2)OCCCO3)NC(=O)N(CC(=O)c2ccc3c(c2)OCO3)C1=O. The number of ketones is 1. The average Bonchev–Trinajstić information content (AvgIpc) is 3.22. The Labute approximate surface area is 177 Å². The fourth-order valence-electron chi connectivity index (χ4n) is 3.82.